The highest BCUT2D eigenvalue weighted by atomic mass is 32.2. The second kappa shape index (κ2) is 8.78. The molecule has 4 rings (SSSR count). The minimum atomic E-state index is -3.76. The van der Waals surface area contributed by atoms with Crippen molar-refractivity contribution in [1.29, 1.82) is 0 Å². The van der Waals surface area contributed by atoms with Gasteiger partial charge in [0.25, 0.3) is 5.91 Å². The highest BCUT2D eigenvalue weighted by Crippen LogP contribution is 2.34. The summed E-state index contributed by atoms with van der Waals surface area (Å²) in [5.41, 5.74) is 3.31. The SMILES string of the molecule is Cc1cc2c(cc1S(=O)(=O)[C@@H](C)CC(=O)N1CC=C(c3ccccc3)CC1)OCC(=O)N2. The molecule has 168 valence electrons. The van der Waals surface area contributed by atoms with Crippen molar-refractivity contribution in [3.8, 4) is 5.75 Å². The van der Waals surface area contributed by atoms with Gasteiger partial charge in [0.1, 0.15) is 5.75 Å². The Bertz CT molecular complexity index is 1190. The molecule has 2 aliphatic rings. The third kappa shape index (κ3) is 4.41. The molecule has 0 saturated heterocycles. The van der Waals surface area contributed by atoms with Gasteiger partial charge in [-0.05, 0) is 43.0 Å². The van der Waals surface area contributed by atoms with Gasteiger partial charge in [0.15, 0.2) is 16.4 Å². The first-order valence-electron chi connectivity index (χ1n) is 10.6. The number of amides is 2. The highest BCUT2D eigenvalue weighted by Gasteiger charge is 2.31. The molecule has 7 nitrogen and oxygen atoms in total. The normalized spacial score (nSPS) is 17.0. The number of carbonyl (C=O) groups is 2. The molecule has 0 aromatic heterocycles. The maximum Gasteiger partial charge on any atom is 0.262 e. The fourth-order valence-corrected chi connectivity index (χ4v) is 5.61. The van der Waals surface area contributed by atoms with Crippen molar-refractivity contribution >= 4 is 32.9 Å². The minimum Gasteiger partial charge on any atom is -0.482 e. The van der Waals surface area contributed by atoms with Crippen molar-refractivity contribution in [1.82, 2.24) is 4.90 Å². The number of sulfone groups is 1. The van der Waals surface area contributed by atoms with Crippen LogP contribution in [0.15, 0.2) is 53.4 Å². The van der Waals surface area contributed by atoms with E-state index in [1.165, 1.54) is 11.6 Å². The summed E-state index contributed by atoms with van der Waals surface area (Å²) in [5.74, 6) is -0.136. The molecule has 0 bridgehead atoms. The average Bonchev–Trinajstić information content (AvgIpc) is 2.79. The molecule has 2 aliphatic heterocycles. The average molecular weight is 455 g/mol. The van der Waals surface area contributed by atoms with Crippen molar-refractivity contribution in [3.05, 3.63) is 59.7 Å². The Kier molecular flexibility index (Phi) is 6.06. The fraction of sp³-hybridized carbons (Fsp3) is 0.333. The number of hydrogen-bond donors (Lipinski definition) is 1. The number of fused-ring (bicyclic) bond motifs is 1. The summed E-state index contributed by atoms with van der Waals surface area (Å²) >= 11 is 0. The van der Waals surface area contributed by atoms with Gasteiger partial charge in [-0.3, -0.25) is 9.59 Å². The van der Waals surface area contributed by atoms with E-state index >= 15 is 0 Å². The Morgan fingerprint density at radius 2 is 1.97 bits per heavy atom. The van der Waals surface area contributed by atoms with Crippen LogP contribution in [0, 0.1) is 6.92 Å². The van der Waals surface area contributed by atoms with Gasteiger partial charge >= 0.3 is 0 Å². The van der Waals surface area contributed by atoms with Crippen molar-refractivity contribution in [2.24, 2.45) is 0 Å². The predicted molar refractivity (Wildman–Crippen MR) is 122 cm³/mol. The lowest BCUT2D eigenvalue weighted by Crippen LogP contribution is -2.37. The summed E-state index contributed by atoms with van der Waals surface area (Å²) in [6.07, 6.45) is 2.68. The topological polar surface area (TPSA) is 92.8 Å². The molecule has 32 heavy (non-hydrogen) atoms. The maximum absolute atomic E-state index is 13.2. The van der Waals surface area contributed by atoms with E-state index in [1.54, 1.807) is 24.8 Å². The summed E-state index contributed by atoms with van der Waals surface area (Å²) in [6, 6.07) is 13.1. The lowest BCUT2D eigenvalue weighted by Gasteiger charge is -2.28. The third-order valence-electron chi connectivity index (χ3n) is 5.91. The summed E-state index contributed by atoms with van der Waals surface area (Å²) < 4.78 is 31.8. The lowest BCUT2D eigenvalue weighted by molar-refractivity contribution is -0.130. The number of benzene rings is 2. The van der Waals surface area contributed by atoms with E-state index in [9.17, 15) is 18.0 Å². The summed E-state index contributed by atoms with van der Waals surface area (Å²) in [4.78, 5) is 26.2. The Labute approximate surface area is 188 Å². The van der Waals surface area contributed by atoms with E-state index in [-0.39, 0.29) is 29.7 Å². The molecule has 0 unspecified atom stereocenters. The summed E-state index contributed by atoms with van der Waals surface area (Å²) in [7, 11) is -3.76. The first kappa shape index (κ1) is 22.1. The first-order valence-corrected chi connectivity index (χ1v) is 12.1. The Morgan fingerprint density at radius 1 is 1.22 bits per heavy atom. The molecule has 0 aliphatic carbocycles. The fourth-order valence-electron chi connectivity index (χ4n) is 4.03. The molecule has 2 aromatic carbocycles. The number of anilines is 1. The number of ether oxygens (including phenoxy) is 1. The van der Waals surface area contributed by atoms with Crippen molar-refractivity contribution in [2.75, 3.05) is 25.0 Å². The maximum atomic E-state index is 13.2. The van der Waals surface area contributed by atoms with Gasteiger partial charge in [-0.2, -0.15) is 0 Å². The van der Waals surface area contributed by atoms with Crippen LogP contribution in [0.1, 0.15) is 30.9 Å². The molecule has 1 N–H and O–H groups in total. The minimum absolute atomic E-state index is 0.0923. The molecule has 0 saturated carbocycles. The molecular formula is C24H26N2O5S. The smallest absolute Gasteiger partial charge is 0.262 e. The second-order valence-corrected chi connectivity index (χ2v) is 10.5. The van der Waals surface area contributed by atoms with E-state index < -0.39 is 15.1 Å². The van der Waals surface area contributed by atoms with E-state index in [4.69, 9.17) is 4.74 Å². The van der Waals surface area contributed by atoms with Crippen molar-refractivity contribution in [2.45, 2.75) is 36.8 Å². The van der Waals surface area contributed by atoms with Crippen LogP contribution >= 0.6 is 0 Å². The Morgan fingerprint density at radius 3 is 2.66 bits per heavy atom. The van der Waals surface area contributed by atoms with Gasteiger partial charge in [-0.25, -0.2) is 8.42 Å². The standard InChI is InChI=1S/C24H26N2O5S/c1-16-12-20-21(31-15-23(27)25-20)14-22(16)32(29,30)17(2)13-24(28)26-10-8-19(9-11-26)18-6-4-3-5-7-18/h3-8,12,14,17H,9-11,13,15H2,1-2H3,(H,25,27)/t17-/m0/s1. The number of carbonyl (C=O) groups excluding carboxylic acids is 2. The van der Waals surface area contributed by atoms with Crippen LogP contribution in [-0.4, -0.2) is 50.1 Å². The Hall–Kier alpha value is -3.13. The first-order chi connectivity index (χ1) is 15.3. The van der Waals surface area contributed by atoms with Gasteiger partial charge in [-0.1, -0.05) is 36.4 Å². The van der Waals surface area contributed by atoms with Crippen LogP contribution in [0.3, 0.4) is 0 Å². The number of rotatable bonds is 5. The summed E-state index contributed by atoms with van der Waals surface area (Å²) in [6.45, 7) is 4.11. The molecule has 0 fully saturated rings. The third-order valence-corrected chi connectivity index (χ3v) is 8.19. The molecule has 1 atom stereocenters. The molecule has 2 aromatic rings. The molecule has 2 amide bonds. The van der Waals surface area contributed by atoms with Crippen LogP contribution < -0.4 is 10.1 Å². The lowest BCUT2D eigenvalue weighted by atomic mass is 9.99. The predicted octanol–water partition coefficient (Wildman–Crippen LogP) is 3.19. The van der Waals surface area contributed by atoms with Crippen molar-refractivity contribution in [3.63, 3.8) is 0 Å². The molecule has 0 radical (unpaired) electrons. The van der Waals surface area contributed by atoms with Gasteiger partial charge in [0.05, 0.1) is 15.8 Å². The van der Waals surface area contributed by atoms with E-state index in [0.29, 0.717) is 30.1 Å². The van der Waals surface area contributed by atoms with Crippen LogP contribution in [0.25, 0.3) is 5.57 Å². The number of nitrogens with one attached hydrogen (secondary N) is 1. The van der Waals surface area contributed by atoms with Crippen LogP contribution in [0.2, 0.25) is 0 Å². The number of nitrogens with zero attached hydrogens (tertiary/aromatic N) is 1. The molecular weight excluding hydrogens is 428 g/mol. The quantitative estimate of drug-likeness (QED) is 0.749. The summed E-state index contributed by atoms with van der Waals surface area (Å²) in [5, 5.41) is 1.79. The zero-order valence-electron chi connectivity index (χ0n) is 18.1. The molecule has 0 spiro atoms. The van der Waals surface area contributed by atoms with E-state index in [2.05, 4.69) is 5.32 Å². The van der Waals surface area contributed by atoms with Gasteiger partial charge < -0.3 is 15.0 Å². The zero-order valence-corrected chi connectivity index (χ0v) is 18.9. The van der Waals surface area contributed by atoms with Crippen LogP contribution in [-0.2, 0) is 19.4 Å². The van der Waals surface area contributed by atoms with Gasteiger partial charge in [0.2, 0.25) is 5.91 Å². The van der Waals surface area contributed by atoms with Gasteiger partial charge in [-0.15, -0.1) is 0 Å². The van der Waals surface area contributed by atoms with Crippen molar-refractivity contribution < 1.29 is 22.7 Å². The largest absolute Gasteiger partial charge is 0.482 e. The zero-order chi connectivity index (χ0) is 22.9. The number of aryl methyl sites for hydroxylation is 1. The van der Waals surface area contributed by atoms with Crippen LogP contribution in [0.4, 0.5) is 5.69 Å². The monoisotopic (exact) mass is 454 g/mol. The molecule has 8 heteroatoms. The number of hydrogen-bond acceptors (Lipinski definition) is 5. The Balaban J connectivity index is 1.45. The van der Waals surface area contributed by atoms with Crippen LogP contribution in [0.5, 0.6) is 5.75 Å². The van der Waals surface area contributed by atoms with E-state index in [1.807, 2.05) is 36.4 Å². The highest BCUT2D eigenvalue weighted by molar-refractivity contribution is 7.92. The van der Waals surface area contributed by atoms with E-state index in [0.717, 1.165) is 12.0 Å². The second-order valence-electron chi connectivity index (χ2n) is 8.20. The molecule has 2 heterocycles. The van der Waals surface area contributed by atoms with Gasteiger partial charge in [0, 0.05) is 25.6 Å².